The smallest absolute Gasteiger partial charge is 0.306 e. The molecule has 1 atom stereocenters. The lowest BCUT2D eigenvalue weighted by Crippen LogP contribution is -2.14. The predicted octanol–water partition coefficient (Wildman–Crippen LogP) is 6.98. The second-order valence-electron chi connectivity index (χ2n) is 6.72. The highest BCUT2D eigenvalue weighted by molar-refractivity contribution is 5.69. The Morgan fingerprint density at radius 3 is 2.00 bits per heavy atom. The molecule has 0 radical (unpaired) electrons. The highest BCUT2D eigenvalue weighted by Crippen LogP contribution is 2.12. The summed E-state index contributed by atoms with van der Waals surface area (Å²) in [6.45, 7) is 6.27. The number of esters is 1. The van der Waals surface area contributed by atoms with Crippen molar-refractivity contribution < 1.29 is 9.53 Å². The fourth-order valence-electron chi connectivity index (χ4n) is 2.68. The van der Waals surface area contributed by atoms with E-state index in [-0.39, 0.29) is 12.1 Å². The molecule has 0 aromatic heterocycles. The Morgan fingerprint density at radius 1 is 0.826 bits per heavy atom. The molecule has 0 aliphatic carbocycles. The van der Waals surface area contributed by atoms with Gasteiger partial charge in [-0.2, -0.15) is 0 Å². The van der Waals surface area contributed by atoms with Crippen molar-refractivity contribution in [1.29, 1.82) is 0 Å². The summed E-state index contributed by atoms with van der Waals surface area (Å²) in [5, 5.41) is 0. The molecule has 23 heavy (non-hydrogen) atoms. The molecule has 0 aromatic rings. The predicted molar refractivity (Wildman–Crippen MR) is 101 cm³/mol. The van der Waals surface area contributed by atoms with Crippen molar-refractivity contribution in [2.24, 2.45) is 0 Å². The fraction of sp³-hybridized carbons (Fsp3) is 0.857. The van der Waals surface area contributed by atoms with E-state index in [0.29, 0.717) is 6.42 Å². The van der Waals surface area contributed by atoms with Gasteiger partial charge in [-0.1, -0.05) is 70.9 Å². The minimum absolute atomic E-state index is 0.0382. The summed E-state index contributed by atoms with van der Waals surface area (Å²) in [7, 11) is 0. The molecule has 2 heteroatoms. The number of hydrogen-bond acceptors (Lipinski definition) is 2. The van der Waals surface area contributed by atoms with E-state index < -0.39 is 0 Å². The van der Waals surface area contributed by atoms with E-state index in [4.69, 9.17) is 4.74 Å². The first kappa shape index (κ1) is 22.2. The zero-order valence-corrected chi connectivity index (χ0v) is 15.9. The van der Waals surface area contributed by atoms with Gasteiger partial charge < -0.3 is 4.74 Å². The van der Waals surface area contributed by atoms with Gasteiger partial charge >= 0.3 is 5.97 Å². The van der Waals surface area contributed by atoms with Gasteiger partial charge in [-0.3, -0.25) is 4.79 Å². The highest BCUT2D eigenvalue weighted by atomic mass is 16.5. The van der Waals surface area contributed by atoms with Crippen LogP contribution in [0.25, 0.3) is 0 Å². The topological polar surface area (TPSA) is 26.3 Å². The average molecular weight is 325 g/mol. The molecule has 0 fully saturated rings. The Bertz CT molecular complexity index is 284. The van der Waals surface area contributed by atoms with Gasteiger partial charge in [0, 0.05) is 6.42 Å². The minimum atomic E-state index is -0.0382. The lowest BCUT2D eigenvalue weighted by molar-refractivity contribution is -0.148. The van der Waals surface area contributed by atoms with Crippen molar-refractivity contribution in [3.8, 4) is 0 Å². The summed E-state index contributed by atoms with van der Waals surface area (Å²) in [6, 6.07) is 0. The van der Waals surface area contributed by atoms with Crippen LogP contribution in [0.5, 0.6) is 0 Å². The van der Waals surface area contributed by atoms with Gasteiger partial charge in [0.1, 0.15) is 0 Å². The van der Waals surface area contributed by atoms with Gasteiger partial charge in [0.15, 0.2) is 0 Å². The summed E-state index contributed by atoms with van der Waals surface area (Å²) < 4.78 is 5.35. The third-order valence-electron chi connectivity index (χ3n) is 4.16. The molecule has 0 N–H and O–H groups in total. The third-order valence-corrected chi connectivity index (χ3v) is 4.16. The SMILES string of the molecule is CCCC/C=C\CCCCCCCCC[C@@H](C)OC(=O)CCC. The summed E-state index contributed by atoms with van der Waals surface area (Å²) in [5.74, 6) is -0.0382. The minimum Gasteiger partial charge on any atom is -0.463 e. The Hall–Kier alpha value is -0.790. The Morgan fingerprint density at radius 2 is 1.39 bits per heavy atom. The maximum absolute atomic E-state index is 11.4. The van der Waals surface area contributed by atoms with Gasteiger partial charge in [0.2, 0.25) is 0 Å². The van der Waals surface area contributed by atoms with Gasteiger partial charge in [0.05, 0.1) is 6.10 Å². The van der Waals surface area contributed by atoms with E-state index in [2.05, 4.69) is 19.1 Å². The van der Waals surface area contributed by atoms with E-state index >= 15 is 0 Å². The van der Waals surface area contributed by atoms with Gasteiger partial charge in [-0.05, 0) is 45.4 Å². The molecule has 0 aliphatic rings. The van der Waals surface area contributed by atoms with E-state index in [1.165, 1.54) is 70.6 Å². The van der Waals surface area contributed by atoms with Crippen LogP contribution >= 0.6 is 0 Å². The molecule has 0 heterocycles. The third kappa shape index (κ3) is 17.4. The average Bonchev–Trinajstić information content (AvgIpc) is 2.52. The second-order valence-corrected chi connectivity index (χ2v) is 6.72. The molecule has 0 bridgehead atoms. The maximum atomic E-state index is 11.4. The fourth-order valence-corrected chi connectivity index (χ4v) is 2.68. The number of carbonyl (C=O) groups excluding carboxylic acids is 1. The van der Waals surface area contributed by atoms with Gasteiger partial charge in [0.25, 0.3) is 0 Å². The second kappa shape index (κ2) is 17.6. The first-order chi connectivity index (χ1) is 11.2. The van der Waals surface area contributed by atoms with Crippen LogP contribution in [0, 0.1) is 0 Å². The Balaban J connectivity index is 3.24. The van der Waals surface area contributed by atoms with Crippen LogP contribution in [-0.4, -0.2) is 12.1 Å². The summed E-state index contributed by atoms with van der Waals surface area (Å²) in [6.07, 6.45) is 21.6. The molecule has 0 aromatic carbocycles. The highest BCUT2D eigenvalue weighted by Gasteiger charge is 2.07. The normalized spacial score (nSPS) is 12.7. The lowest BCUT2D eigenvalue weighted by Gasteiger charge is -2.12. The van der Waals surface area contributed by atoms with Crippen LogP contribution in [0.2, 0.25) is 0 Å². The molecule has 0 spiro atoms. The summed E-state index contributed by atoms with van der Waals surface area (Å²) in [4.78, 5) is 11.4. The molecule has 0 unspecified atom stereocenters. The van der Waals surface area contributed by atoms with Gasteiger partial charge in [-0.25, -0.2) is 0 Å². The summed E-state index contributed by atoms with van der Waals surface area (Å²) >= 11 is 0. The van der Waals surface area contributed by atoms with Crippen molar-refractivity contribution >= 4 is 5.97 Å². The number of carbonyl (C=O) groups is 1. The summed E-state index contributed by atoms with van der Waals surface area (Å²) in [5.41, 5.74) is 0. The monoisotopic (exact) mass is 324 g/mol. The van der Waals surface area contributed by atoms with Crippen LogP contribution in [0.1, 0.15) is 111 Å². The van der Waals surface area contributed by atoms with Crippen LogP contribution in [0.4, 0.5) is 0 Å². The van der Waals surface area contributed by atoms with E-state index in [9.17, 15) is 4.79 Å². The molecule has 2 nitrogen and oxygen atoms in total. The van der Waals surface area contributed by atoms with E-state index in [0.717, 1.165) is 12.8 Å². The zero-order valence-electron chi connectivity index (χ0n) is 15.9. The number of unbranched alkanes of at least 4 members (excludes halogenated alkanes) is 9. The largest absolute Gasteiger partial charge is 0.463 e. The van der Waals surface area contributed by atoms with Crippen LogP contribution in [-0.2, 0) is 9.53 Å². The molecule has 0 rings (SSSR count). The first-order valence-electron chi connectivity index (χ1n) is 10.0. The van der Waals surface area contributed by atoms with E-state index in [1.54, 1.807) is 0 Å². The van der Waals surface area contributed by atoms with E-state index in [1.807, 2.05) is 13.8 Å². The number of ether oxygens (including phenoxy) is 1. The molecule has 0 amide bonds. The van der Waals surface area contributed by atoms with Crippen LogP contribution in [0.3, 0.4) is 0 Å². The molecule has 0 saturated heterocycles. The first-order valence-corrected chi connectivity index (χ1v) is 10.0. The molecular weight excluding hydrogens is 284 g/mol. The van der Waals surface area contributed by atoms with Gasteiger partial charge in [-0.15, -0.1) is 0 Å². The van der Waals surface area contributed by atoms with Crippen molar-refractivity contribution in [1.82, 2.24) is 0 Å². The quantitative estimate of drug-likeness (QED) is 0.174. The van der Waals surface area contributed by atoms with Crippen molar-refractivity contribution in [2.45, 2.75) is 117 Å². The van der Waals surface area contributed by atoms with Crippen molar-refractivity contribution in [3.05, 3.63) is 12.2 Å². The molecule has 0 saturated carbocycles. The lowest BCUT2D eigenvalue weighted by atomic mass is 10.1. The number of allylic oxidation sites excluding steroid dienone is 2. The zero-order chi connectivity index (χ0) is 17.2. The Labute approximate surface area is 145 Å². The maximum Gasteiger partial charge on any atom is 0.306 e. The number of hydrogen-bond donors (Lipinski definition) is 0. The molecule has 136 valence electrons. The molecule has 0 aliphatic heterocycles. The van der Waals surface area contributed by atoms with Crippen LogP contribution in [0.15, 0.2) is 12.2 Å². The standard InChI is InChI=1S/C21H40O2/c1-4-6-7-8-9-10-11-12-13-14-15-16-17-19-20(3)23-21(22)18-5-2/h8-9,20H,4-7,10-19H2,1-3H3/b9-8-/t20-/m1/s1. The van der Waals surface area contributed by atoms with Crippen molar-refractivity contribution in [2.75, 3.05) is 0 Å². The van der Waals surface area contributed by atoms with Crippen molar-refractivity contribution in [3.63, 3.8) is 0 Å². The Kier molecular flexibility index (Phi) is 17.0. The molecular formula is C21H40O2. The number of rotatable bonds is 16. The van der Waals surface area contributed by atoms with Crippen LogP contribution < -0.4 is 0 Å².